The standard InChI is InChI=1S/C17H19NO3S/c1-11(2)16(18-17(19)13-5-8-22-10-13)12-3-4-14-15(9-12)21-7-6-20-14/h3-5,8-11,16H,6-7H2,1-2H3,(H,18,19)/t16-/m0/s1. The van der Waals surface area contributed by atoms with Crippen LogP contribution in [0.1, 0.15) is 35.8 Å². The van der Waals surface area contributed by atoms with Crippen molar-refractivity contribution in [1.29, 1.82) is 0 Å². The van der Waals surface area contributed by atoms with Gasteiger partial charge in [-0.2, -0.15) is 11.3 Å². The molecular weight excluding hydrogens is 298 g/mol. The second-order valence-corrected chi connectivity index (χ2v) is 6.39. The number of amides is 1. The molecule has 22 heavy (non-hydrogen) atoms. The summed E-state index contributed by atoms with van der Waals surface area (Å²) < 4.78 is 11.2. The summed E-state index contributed by atoms with van der Waals surface area (Å²) in [4.78, 5) is 12.3. The Bertz CT molecular complexity index is 652. The van der Waals surface area contributed by atoms with Crippen molar-refractivity contribution in [3.05, 3.63) is 46.2 Å². The zero-order valence-electron chi connectivity index (χ0n) is 12.7. The third kappa shape index (κ3) is 3.09. The lowest BCUT2D eigenvalue weighted by molar-refractivity contribution is 0.0926. The van der Waals surface area contributed by atoms with Crippen LogP contribution in [0.15, 0.2) is 35.0 Å². The highest BCUT2D eigenvalue weighted by molar-refractivity contribution is 7.08. The van der Waals surface area contributed by atoms with E-state index in [-0.39, 0.29) is 17.9 Å². The Balaban J connectivity index is 1.83. The van der Waals surface area contributed by atoms with Crippen LogP contribution >= 0.6 is 11.3 Å². The van der Waals surface area contributed by atoms with E-state index in [0.717, 1.165) is 17.1 Å². The fraction of sp³-hybridized carbons (Fsp3) is 0.353. The molecule has 0 saturated heterocycles. The van der Waals surface area contributed by atoms with Gasteiger partial charge in [-0.1, -0.05) is 19.9 Å². The van der Waals surface area contributed by atoms with Gasteiger partial charge in [0, 0.05) is 5.38 Å². The third-order valence-corrected chi connectivity index (χ3v) is 4.35. The number of fused-ring (bicyclic) bond motifs is 1. The maximum atomic E-state index is 12.3. The minimum Gasteiger partial charge on any atom is -0.486 e. The zero-order valence-corrected chi connectivity index (χ0v) is 13.5. The smallest absolute Gasteiger partial charge is 0.252 e. The molecular formula is C17H19NO3S. The Morgan fingerprint density at radius 3 is 2.64 bits per heavy atom. The van der Waals surface area contributed by atoms with Crippen LogP contribution in [0.25, 0.3) is 0 Å². The predicted molar refractivity (Wildman–Crippen MR) is 86.8 cm³/mol. The van der Waals surface area contributed by atoms with Crippen LogP contribution in [-0.2, 0) is 0 Å². The second-order valence-electron chi connectivity index (χ2n) is 5.61. The maximum absolute atomic E-state index is 12.3. The first kappa shape index (κ1) is 14.9. The van der Waals surface area contributed by atoms with Crippen molar-refractivity contribution in [2.24, 2.45) is 5.92 Å². The lowest BCUT2D eigenvalue weighted by Crippen LogP contribution is -2.31. The Kier molecular flexibility index (Phi) is 4.34. The normalized spacial score (nSPS) is 14.7. The summed E-state index contributed by atoms with van der Waals surface area (Å²) in [6, 6.07) is 7.64. The topological polar surface area (TPSA) is 47.6 Å². The van der Waals surface area contributed by atoms with E-state index >= 15 is 0 Å². The largest absolute Gasteiger partial charge is 0.486 e. The molecule has 0 bridgehead atoms. The molecule has 1 N–H and O–H groups in total. The minimum atomic E-state index is -0.0665. The average Bonchev–Trinajstić information content (AvgIpc) is 3.06. The highest BCUT2D eigenvalue weighted by Crippen LogP contribution is 2.34. The monoisotopic (exact) mass is 317 g/mol. The van der Waals surface area contributed by atoms with Gasteiger partial charge < -0.3 is 14.8 Å². The molecule has 0 radical (unpaired) electrons. The molecule has 2 aromatic rings. The molecule has 1 aromatic heterocycles. The van der Waals surface area contributed by atoms with Crippen molar-refractivity contribution in [3.63, 3.8) is 0 Å². The molecule has 3 rings (SSSR count). The summed E-state index contributed by atoms with van der Waals surface area (Å²) in [7, 11) is 0. The molecule has 0 fully saturated rings. The van der Waals surface area contributed by atoms with Gasteiger partial charge >= 0.3 is 0 Å². The molecule has 1 amide bonds. The number of hydrogen-bond acceptors (Lipinski definition) is 4. The number of ether oxygens (including phenoxy) is 2. The van der Waals surface area contributed by atoms with E-state index in [2.05, 4.69) is 19.2 Å². The van der Waals surface area contributed by atoms with Gasteiger partial charge in [-0.05, 0) is 35.1 Å². The van der Waals surface area contributed by atoms with E-state index < -0.39 is 0 Å². The molecule has 2 heterocycles. The molecule has 1 atom stereocenters. The Labute approximate surface area is 134 Å². The number of carbonyl (C=O) groups excluding carboxylic acids is 1. The average molecular weight is 317 g/mol. The van der Waals surface area contributed by atoms with Crippen LogP contribution in [0, 0.1) is 5.92 Å². The number of rotatable bonds is 4. The van der Waals surface area contributed by atoms with Crippen LogP contribution in [-0.4, -0.2) is 19.1 Å². The van der Waals surface area contributed by atoms with E-state index in [4.69, 9.17) is 9.47 Å². The van der Waals surface area contributed by atoms with E-state index in [1.807, 2.05) is 35.0 Å². The predicted octanol–water partition coefficient (Wildman–Crippen LogP) is 3.65. The van der Waals surface area contributed by atoms with E-state index in [1.165, 1.54) is 11.3 Å². The van der Waals surface area contributed by atoms with Crippen molar-refractivity contribution in [1.82, 2.24) is 5.32 Å². The van der Waals surface area contributed by atoms with Crippen molar-refractivity contribution >= 4 is 17.2 Å². The first-order chi connectivity index (χ1) is 10.6. The van der Waals surface area contributed by atoms with Crippen molar-refractivity contribution in [2.75, 3.05) is 13.2 Å². The number of nitrogens with one attached hydrogen (secondary N) is 1. The van der Waals surface area contributed by atoms with Gasteiger partial charge in [-0.3, -0.25) is 4.79 Å². The van der Waals surface area contributed by atoms with Crippen LogP contribution < -0.4 is 14.8 Å². The van der Waals surface area contributed by atoms with Crippen molar-refractivity contribution < 1.29 is 14.3 Å². The molecule has 0 spiro atoms. The number of hydrogen-bond donors (Lipinski definition) is 1. The molecule has 0 saturated carbocycles. The van der Waals surface area contributed by atoms with Gasteiger partial charge in [0.25, 0.3) is 5.91 Å². The first-order valence-electron chi connectivity index (χ1n) is 7.38. The van der Waals surface area contributed by atoms with Gasteiger partial charge in [0.15, 0.2) is 11.5 Å². The summed E-state index contributed by atoms with van der Waals surface area (Å²) in [5.41, 5.74) is 1.73. The summed E-state index contributed by atoms with van der Waals surface area (Å²) in [6.07, 6.45) is 0. The fourth-order valence-corrected chi connectivity index (χ4v) is 3.14. The molecule has 1 aliphatic rings. The quantitative estimate of drug-likeness (QED) is 0.936. The van der Waals surface area contributed by atoms with Gasteiger partial charge in [-0.25, -0.2) is 0 Å². The van der Waals surface area contributed by atoms with Gasteiger partial charge in [0.2, 0.25) is 0 Å². The van der Waals surface area contributed by atoms with E-state index in [9.17, 15) is 4.79 Å². The van der Waals surface area contributed by atoms with Crippen molar-refractivity contribution in [2.45, 2.75) is 19.9 Å². The number of benzene rings is 1. The summed E-state index contributed by atoms with van der Waals surface area (Å²) in [6.45, 7) is 5.32. The molecule has 1 aromatic carbocycles. The van der Waals surface area contributed by atoms with Gasteiger partial charge in [0.1, 0.15) is 13.2 Å². The third-order valence-electron chi connectivity index (χ3n) is 3.66. The van der Waals surface area contributed by atoms with Crippen LogP contribution in [0.3, 0.4) is 0 Å². The Morgan fingerprint density at radius 1 is 1.18 bits per heavy atom. The summed E-state index contributed by atoms with van der Waals surface area (Å²) in [5, 5.41) is 6.88. The summed E-state index contributed by atoms with van der Waals surface area (Å²) in [5.74, 6) is 1.74. The summed E-state index contributed by atoms with van der Waals surface area (Å²) >= 11 is 1.52. The van der Waals surface area contributed by atoms with Gasteiger partial charge in [-0.15, -0.1) is 0 Å². The highest BCUT2D eigenvalue weighted by Gasteiger charge is 2.22. The molecule has 4 nitrogen and oxygen atoms in total. The number of thiophene rings is 1. The van der Waals surface area contributed by atoms with Gasteiger partial charge in [0.05, 0.1) is 11.6 Å². The lowest BCUT2D eigenvalue weighted by Gasteiger charge is -2.25. The first-order valence-corrected chi connectivity index (χ1v) is 8.32. The van der Waals surface area contributed by atoms with Crippen LogP contribution in [0.4, 0.5) is 0 Å². The van der Waals surface area contributed by atoms with E-state index in [0.29, 0.717) is 18.8 Å². The minimum absolute atomic E-state index is 0.0464. The molecule has 0 aliphatic carbocycles. The second kappa shape index (κ2) is 6.40. The SMILES string of the molecule is CC(C)[C@H](NC(=O)c1ccsc1)c1ccc2c(c1)OCCO2. The van der Waals surface area contributed by atoms with Crippen LogP contribution in [0.5, 0.6) is 11.5 Å². The Morgan fingerprint density at radius 2 is 1.95 bits per heavy atom. The number of carbonyl (C=O) groups is 1. The lowest BCUT2D eigenvalue weighted by atomic mass is 9.95. The molecule has 116 valence electrons. The molecule has 0 unspecified atom stereocenters. The van der Waals surface area contributed by atoms with Crippen molar-refractivity contribution in [3.8, 4) is 11.5 Å². The van der Waals surface area contributed by atoms with E-state index in [1.54, 1.807) is 0 Å². The maximum Gasteiger partial charge on any atom is 0.252 e. The fourth-order valence-electron chi connectivity index (χ4n) is 2.51. The zero-order chi connectivity index (χ0) is 15.5. The highest BCUT2D eigenvalue weighted by atomic mass is 32.1. The molecule has 5 heteroatoms. The Hall–Kier alpha value is -2.01. The van der Waals surface area contributed by atoms with Crippen LogP contribution in [0.2, 0.25) is 0 Å². The molecule has 1 aliphatic heterocycles.